The van der Waals surface area contributed by atoms with Crippen molar-refractivity contribution in [3.63, 3.8) is 0 Å². The van der Waals surface area contributed by atoms with Crippen molar-refractivity contribution in [2.24, 2.45) is 0 Å². The molecule has 2 aromatic heterocycles. The summed E-state index contributed by atoms with van der Waals surface area (Å²) < 4.78 is 28.0. The second-order valence-electron chi connectivity index (χ2n) is 9.80. The van der Waals surface area contributed by atoms with Gasteiger partial charge in [0.15, 0.2) is 5.01 Å². The molecule has 3 aliphatic rings. The Kier molecular flexibility index (Phi) is 6.12. The number of nitrogens with zero attached hydrogens (tertiary/aromatic N) is 4. The van der Waals surface area contributed by atoms with Gasteiger partial charge in [-0.2, -0.15) is 4.31 Å². The first-order valence-corrected chi connectivity index (χ1v) is 14.8. The predicted molar refractivity (Wildman–Crippen MR) is 140 cm³/mol. The van der Waals surface area contributed by atoms with E-state index in [0.717, 1.165) is 35.9 Å². The first-order chi connectivity index (χ1) is 17.4. The molecule has 10 heteroatoms. The summed E-state index contributed by atoms with van der Waals surface area (Å²) in [6.07, 6.45) is 11.1. The van der Waals surface area contributed by atoms with E-state index in [9.17, 15) is 13.2 Å². The Balaban J connectivity index is 1.11. The van der Waals surface area contributed by atoms with E-state index < -0.39 is 10.0 Å². The number of rotatable bonds is 4. The molecule has 1 amide bonds. The van der Waals surface area contributed by atoms with Crippen LogP contribution in [0.3, 0.4) is 0 Å². The molecule has 0 bridgehead atoms. The van der Waals surface area contributed by atoms with Gasteiger partial charge in [0.25, 0.3) is 15.9 Å². The van der Waals surface area contributed by atoms with Gasteiger partial charge < -0.3 is 14.8 Å². The highest BCUT2D eigenvalue weighted by Gasteiger charge is 2.34. The number of aryl methyl sites for hydroxylation is 1. The number of hydrogen-bond donors (Lipinski definition) is 1. The van der Waals surface area contributed by atoms with E-state index in [2.05, 4.69) is 15.8 Å². The van der Waals surface area contributed by atoms with Crippen molar-refractivity contribution in [1.29, 1.82) is 0 Å². The summed E-state index contributed by atoms with van der Waals surface area (Å²) in [6.45, 7) is 3.56. The predicted octanol–water partition coefficient (Wildman–Crippen LogP) is 2.71. The molecule has 1 N–H and O–H groups in total. The van der Waals surface area contributed by atoms with Crippen LogP contribution in [-0.4, -0.2) is 83.7 Å². The summed E-state index contributed by atoms with van der Waals surface area (Å²) in [4.78, 5) is 26.5. The van der Waals surface area contributed by atoms with Crippen LogP contribution in [0.1, 0.15) is 45.2 Å². The number of H-pyrrole nitrogens is 1. The maximum atomic E-state index is 13.3. The van der Waals surface area contributed by atoms with Crippen LogP contribution in [0.5, 0.6) is 0 Å². The Bertz CT molecular complexity index is 1450. The smallest absolute Gasteiger partial charge is 0.282 e. The molecule has 1 unspecified atom stereocenters. The SMILES string of the molecule is C#Cc1ccc2[nH]c(S(=O)(=O)N3CCN(C(=O)c4nc5c(s4)CC(N4CCCC4)CC5)CC3)cc2c1. The van der Waals surface area contributed by atoms with E-state index in [1.807, 2.05) is 0 Å². The van der Waals surface area contributed by atoms with Crippen LogP contribution in [0.15, 0.2) is 29.3 Å². The fourth-order valence-corrected chi connectivity index (χ4v) is 8.19. The number of thiazole rings is 1. The number of hydrogen-bond acceptors (Lipinski definition) is 6. The van der Waals surface area contributed by atoms with Gasteiger partial charge in [-0.25, -0.2) is 13.4 Å². The summed E-state index contributed by atoms with van der Waals surface area (Å²) in [5, 5.41) is 1.45. The van der Waals surface area contributed by atoms with Crippen molar-refractivity contribution in [2.45, 2.75) is 43.2 Å². The fraction of sp³-hybridized carbons (Fsp3) is 0.462. The van der Waals surface area contributed by atoms with Gasteiger partial charge in [0.05, 0.1) is 5.69 Å². The third kappa shape index (κ3) is 4.24. The highest BCUT2D eigenvalue weighted by molar-refractivity contribution is 7.89. The Morgan fingerprint density at radius 1 is 1.11 bits per heavy atom. The number of aromatic nitrogens is 2. The Morgan fingerprint density at radius 2 is 1.89 bits per heavy atom. The number of aromatic amines is 1. The number of carbonyl (C=O) groups excluding carboxylic acids is 1. The minimum absolute atomic E-state index is 0.0865. The normalized spacial score (nSPS) is 21.5. The molecular weight excluding hydrogens is 494 g/mol. The van der Waals surface area contributed by atoms with Gasteiger partial charge in [-0.15, -0.1) is 17.8 Å². The monoisotopic (exact) mass is 523 g/mol. The number of piperazine rings is 1. The van der Waals surface area contributed by atoms with Crippen LogP contribution < -0.4 is 0 Å². The molecule has 1 aliphatic carbocycles. The zero-order chi connectivity index (χ0) is 24.9. The lowest BCUT2D eigenvalue weighted by Gasteiger charge is -2.33. The van der Waals surface area contributed by atoms with Crippen molar-refractivity contribution in [2.75, 3.05) is 39.3 Å². The van der Waals surface area contributed by atoms with Crippen molar-refractivity contribution < 1.29 is 13.2 Å². The van der Waals surface area contributed by atoms with Gasteiger partial charge in [-0.3, -0.25) is 4.79 Å². The highest BCUT2D eigenvalue weighted by atomic mass is 32.2. The number of amides is 1. The van der Waals surface area contributed by atoms with E-state index in [-0.39, 0.29) is 24.0 Å². The average Bonchev–Trinajstić information content (AvgIpc) is 3.66. The topological polar surface area (TPSA) is 89.6 Å². The third-order valence-electron chi connectivity index (χ3n) is 7.66. The molecule has 36 heavy (non-hydrogen) atoms. The molecule has 2 saturated heterocycles. The van der Waals surface area contributed by atoms with Crippen LogP contribution in [-0.2, 0) is 22.9 Å². The van der Waals surface area contributed by atoms with Crippen molar-refractivity contribution in [1.82, 2.24) is 24.1 Å². The fourth-order valence-electron chi connectivity index (χ4n) is 5.61. The zero-order valence-electron chi connectivity index (χ0n) is 20.1. The zero-order valence-corrected chi connectivity index (χ0v) is 21.7. The molecular formula is C26H29N5O3S2. The molecule has 4 heterocycles. The summed E-state index contributed by atoms with van der Waals surface area (Å²) in [5.74, 6) is 2.49. The van der Waals surface area contributed by atoms with E-state index in [0.29, 0.717) is 29.7 Å². The van der Waals surface area contributed by atoms with Gasteiger partial charge in [0, 0.05) is 53.6 Å². The Morgan fingerprint density at radius 3 is 2.64 bits per heavy atom. The van der Waals surface area contributed by atoms with Crippen LogP contribution in [0.25, 0.3) is 10.9 Å². The van der Waals surface area contributed by atoms with Crippen LogP contribution in [0.2, 0.25) is 0 Å². The average molecular weight is 524 g/mol. The second-order valence-corrected chi connectivity index (χ2v) is 12.8. The molecule has 1 atom stereocenters. The van der Waals surface area contributed by atoms with Crippen LogP contribution in [0, 0.1) is 12.3 Å². The molecule has 8 nitrogen and oxygen atoms in total. The molecule has 6 rings (SSSR count). The Labute approximate surface area is 215 Å². The lowest BCUT2D eigenvalue weighted by molar-refractivity contribution is 0.0697. The summed E-state index contributed by atoms with van der Waals surface area (Å²) in [6, 6.07) is 7.56. The lowest BCUT2D eigenvalue weighted by Crippen LogP contribution is -2.50. The summed E-state index contributed by atoms with van der Waals surface area (Å²) in [7, 11) is -3.70. The molecule has 2 fully saturated rings. The van der Waals surface area contributed by atoms with E-state index in [1.54, 1.807) is 29.2 Å². The summed E-state index contributed by atoms with van der Waals surface area (Å²) >= 11 is 1.53. The van der Waals surface area contributed by atoms with Gasteiger partial charge in [0.2, 0.25) is 0 Å². The van der Waals surface area contributed by atoms with Gasteiger partial charge >= 0.3 is 0 Å². The van der Waals surface area contributed by atoms with Crippen molar-refractivity contribution >= 4 is 38.2 Å². The third-order valence-corrected chi connectivity index (χ3v) is 10.6. The largest absolute Gasteiger partial charge is 0.345 e. The lowest BCUT2D eigenvalue weighted by atomic mass is 9.96. The molecule has 1 aromatic carbocycles. The number of benzene rings is 1. The van der Waals surface area contributed by atoms with E-state index in [1.165, 1.54) is 46.5 Å². The first kappa shape index (κ1) is 23.7. The Hall–Kier alpha value is -2.71. The quantitative estimate of drug-likeness (QED) is 0.531. The second kappa shape index (κ2) is 9.30. The van der Waals surface area contributed by atoms with Gasteiger partial charge in [-0.05, 0) is 69.5 Å². The maximum Gasteiger partial charge on any atom is 0.282 e. The van der Waals surface area contributed by atoms with Crippen molar-refractivity contribution in [3.05, 3.63) is 45.4 Å². The van der Waals surface area contributed by atoms with Crippen molar-refractivity contribution in [3.8, 4) is 12.3 Å². The van der Waals surface area contributed by atoms with E-state index >= 15 is 0 Å². The number of fused-ring (bicyclic) bond motifs is 2. The highest BCUT2D eigenvalue weighted by Crippen LogP contribution is 2.31. The first-order valence-electron chi connectivity index (χ1n) is 12.5. The molecule has 2 aliphatic heterocycles. The molecule has 0 saturated carbocycles. The number of likely N-dealkylation sites (tertiary alicyclic amines) is 1. The molecule has 0 spiro atoms. The summed E-state index contributed by atoms with van der Waals surface area (Å²) in [5.41, 5.74) is 2.50. The maximum absolute atomic E-state index is 13.3. The van der Waals surface area contributed by atoms with Gasteiger partial charge in [0.1, 0.15) is 5.03 Å². The number of carbonyl (C=O) groups is 1. The minimum Gasteiger partial charge on any atom is -0.345 e. The van der Waals surface area contributed by atoms with E-state index in [4.69, 9.17) is 11.4 Å². The van der Waals surface area contributed by atoms with Gasteiger partial charge in [-0.1, -0.05) is 5.92 Å². The standard InChI is InChI=1S/C26H29N5O3S2/c1-2-18-5-7-21-19(15-18)16-24(27-21)36(33,34)31-13-11-30(12-14-31)26(32)25-28-22-8-6-20(17-23(22)35-25)29-9-3-4-10-29/h1,5,7,15-16,20,27H,3-4,6,8-14,17H2. The molecule has 0 radical (unpaired) electrons. The van der Waals surface area contributed by atoms with Crippen LogP contribution in [0.4, 0.5) is 0 Å². The number of nitrogens with one attached hydrogen (secondary N) is 1. The number of sulfonamides is 1. The molecule has 188 valence electrons. The number of terminal acetylenes is 1. The molecule has 3 aromatic rings. The van der Waals surface area contributed by atoms with Crippen LogP contribution >= 0.6 is 11.3 Å². The minimum atomic E-state index is -3.70.